The number of carbonyl (C=O) groups excluding carboxylic acids is 1. The number of amides is 1. The lowest BCUT2D eigenvalue weighted by atomic mass is 10.1. The van der Waals surface area contributed by atoms with Gasteiger partial charge in [-0.25, -0.2) is 0 Å². The highest BCUT2D eigenvalue weighted by atomic mass is 16.5. The monoisotopic (exact) mass is 322 g/mol. The molecule has 124 valence electrons. The first-order chi connectivity index (χ1) is 11.8. The van der Waals surface area contributed by atoms with E-state index in [1.807, 2.05) is 53.2 Å². The lowest BCUT2D eigenvalue weighted by molar-refractivity contribution is -0.121. The summed E-state index contributed by atoms with van der Waals surface area (Å²) < 4.78 is 7.32. The summed E-state index contributed by atoms with van der Waals surface area (Å²) in [4.78, 5) is 12.1. The summed E-state index contributed by atoms with van der Waals surface area (Å²) in [5.41, 5.74) is 2.26. The van der Waals surface area contributed by atoms with E-state index in [-0.39, 0.29) is 5.91 Å². The number of nitrogens with one attached hydrogen (secondary N) is 1. The molecule has 1 N–H and O–H groups in total. The van der Waals surface area contributed by atoms with Gasteiger partial charge in [0.1, 0.15) is 12.3 Å². The zero-order chi connectivity index (χ0) is 16.8. The predicted octanol–water partition coefficient (Wildman–Crippen LogP) is 3.40. The van der Waals surface area contributed by atoms with E-state index in [1.165, 1.54) is 5.56 Å². The molecule has 0 fully saturated rings. The molecule has 0 aliphatic heterocycles. The third kappa shape index (κ3) is 3.77. The van der Waals surface area contributed by atoms with Crippen LogP contribution in [0.25, 0.3) is 10.9 Å². The molecule has 0 unspecified atom stereocenters. The van der Waals surface area contributed by atoms with Gasteiger partial charge in [0.2, 0.25) is 5.91 Å². The van der Waals surface area contributed by atoms with Crippen molar-refractivity contribution in [2.45, 2.75) is 19.4 Å². The van der Waals surface area contributed by atoms with Crippen molar-refractivity contribution < 1.29 is 9.53 Å². The Balaban J connectivity index is 1.48. The number of aromatic nitrogens is 1. The van der Waals surface area contributed by atoms with E-state index in [0.29, 0.717) is 13.1 Å². The van der Waals surface area contributed by atoms with Crippen molar-refractivity contribution in [3.8, 4) is 5.75 Å². The van der Waals surface area contributed by atoms with E-state index in [4.69, 9.17) is 4.74 Å². The van der Waals surface area contributed by atoms with Crippen LogP contribution < -0.4 is 10.1 Å². The summed E-state index contributed by atoms with van der Waals surface area (Å²) in [6, 6.07) is 18.1. The summed E-state index contributed by atoms with van der Waals surface area (Å²) >= 11 is 0. The van der Waals surface area contributed by atoms with Crippen LogP contribution in [-0.2, 0) is 17.8 Å². The second-order valence-electron chi connectivity index (χ2n) is 5.77. The molecule has 0 aliphatic rings. The van der Waals surface area contributed by atoms with Crippen LogP contribution in [-0.4, -0.2) is 24.1 Å². The zero-order valence-corrected chi connectivity index (χ0v) is 13.9. The lowest BCUT2D eigenvalue weighted by Crippen LogP contribution is -2.28. The van der Waals surface area contributed by atoms with E-state index in [9.17, 15) is 4.79 Å². The Kier molecular flexibility index (Phi) is 5.16. The molecule has 4 heteroatoms. The average molecular weight is 322 g/mol. The molecule has 2 aromatic carbocycles. The first-order valence-corrected chi connectivity index (χ1v) is 8.20. The molecule has 1 amide bonds. The minimum Gasteiger partial charge on any atom is -0.496 e. The molecule has 0 radical (unpaired) electrons. The minimum atomic E-state index is 0.0383. The number of hydrogen-bond acceptors (Lipinski definition) is 2. The third-order valence-electron chi connectivity index (χ3n) is 4.13. The molecule has 4 nitrogen and oxygen atoms in total. The maximum absolute atomic E-state index is 12.1. The van der Waals surface area contributed by atoms with Crippen LogP contribution in [0.15, 0.2) is 60.8 Å². The normalized spacial score (nSPS) is 10.7. The Morgan fingerprint density at radius 2 is 1.88 bits per heavy atom. The summed E-state index contributed by atoms with van der Waals surface area (Å²) in [6.45, 7) is 1.01. The first kappa shape index (κ1) is 16.1. The van der Waals surface area contributed by atoms with Gasteiger partial charge in [-0.3, -0.25) is 4.79 Å². The van der Waals surface area contributed by atoms with Gasteiger partial charge < -0.3 is 14.6 Å². The Hall–Kier alpha value is -2.75. The molecule has 1 heterocycles. The van der Waals surface area contributed by atoms with E-state index >= 15 is 0 Å². The Labute approximate surface area is 142 Å². The fourth-order valence-electron chi connectivity index (χ4n) is 2.91. The molecule has 1 aromatic heterocycles. The molecule has 0 aliphatic carbocycles. The fraction of sp³-hybridized carbons (Fsp3) is 0.250. The maximum Gasteiger partial charge on any atom is 0.239 e. The highest BCUT2D eigenvalue weighted by Gasteiger charge is 2.06. The number of benzene rings is 2. The summed E-state index contributed by atoms with van der Waals surface area (Å²) in [5.74, 6) is 0.944. The molecule has 0 saturated heterocycles. The summed E-state index contributed by atoms with van der Waals surface area (Å²) in [7, 11) is 1.68. The number of rotatable bonds is 7. The van der Waals surface area contributed by atoms with E-state index in [1.54, 1.807) is 7.11 Å². The number of ether oxygens (including phenoxy) is 1. The largest absolute Gasteiger partial charge is 0.496 e. The SMILES string of the molecule is COc1ccccc1CCCNC(=O)Cn1ccc2ccccc21. The molecule has 0 atom stereocenters. The number of nitrogens with zero attached hydrogens (tertiary/aromatic N) is 1. The quantitative estimate of drug-likeness (QED) is 0.678. The van der Waals surface area contributed by atoms with Crippen molar-refractivity contribution in [2.24, 2.45) is 0 Å². The van der Waals surface area contributed by atoms with Gasteiger partial charge in [0.25, 0.3) is 0 Å². The smallest absolute Gasteiger partial charge is 0.239 e. The Morgan fingerprint density at radius 1 is 1.08 bits per heavy atom. The molecule has 24 heavy (non-hydrogen) atoms. The van der Waals surface area contributed by atoms with E-state index < -0.39 is 0 Å². The Morgan fingerprint density at radius 3 is 2.75 bits per heavy atom. The Bertz CT molecular complexity index is 823. The van der Waals surface area contributed by atoms with Crippen molar-refractivity contribution in [2.75, 3.05) is 13.7 Å². The minimum absolute atomic E-state index is 0.0383. The molecule has 0 saturated carbocycles. The van der Waals surface area contributed by atoms with Gasteiger partial charge >= 0.3 is 0 Å². The molecule has 0 spiro atoms. The number of para-hydroxylation sites is 2. The number of aryl methyl sites for hydroxylation is 1. The second-order valence-corrected chi connectivity index (χ2v) is 5.77. The maximum atomic E-state index is 12.1. The van der Waals surface area contributed by atoms with Crippen molar-refractivity contribution in [1.29, 1.82) is 0 Å². The molecule has 3 aromatic rings. The van der Waals surface area contributed by atoms with E-state index in [0.717, 1.165) is 29.5 Å². The van der Waals surface area contributed by atoms with E-state index in [2.05, 4.69) is 17.4 Å². The molecule has 0 bridgehead atoms. The fourth-order valence-corrected chi connectivity index (χ4v) is 2.91. The molecular formula is C20H22N2O2. The highest BCUT2D eigenvalue weighted by Crippen LogP contribution is 2.18. The van der Waals surface area contributed by atoms with Crippen LogP contribution in [0.1, 0.15) is 12.0 Å². The summed E-state index contributed by atoms with van der Waals surface area (Å²) in [6.07, 6.45) is 3.73. The van der Waals surface area contributed by atoms with Crippen LogP contribution in [0.2, 0.25) is 0 Å². The van der Waals surface area contributed by atoms with Gasteiger partial charge in [0.05, 0.1) is 7.11 Å². The van der Waals surface area contributed by atoms with Gasteiger partial charge in [-0.15, -0.1) is 0 Å². The number of fused-ring (bicyclic) bond motifs is 1. The lowest BCUT2D eigenvalue weighted by Gasteiger charge is -2.09. The van der Waals surface area contributed by atoms with Crippen LogP contribution in [0.5, 0.6) is 5.75 Å². The molecular weight excluding hydrogens is 300 g/mol. The van der Waals surface area contributed by atoms with Crippen LogP contribution >= 0.6 is 0 Å². The topological polar surface area (TPSA) is 43.3 Å². The van der Waals surface area contributed by atoms with Gasteiger partial charge in [-0.05, 0) is 42.0 Å². The van der Waals surface area contributed by atoms with Gasteiger partial charge in [0, 0.05) is 18.3 Å². The van der Waals surface area contributed by atoms with Gasteiger partial charge in [-0.2, -0.15) is 0 Å². The van der Waals surface area contributed by atoms with Crippen molar-refractivity contribution in [1.82, 2.24) is 9.88 Å². The van der Waals surface area contributed by atoms with Crippen molar-refractivity contribution >= 4 is 16.8 Å². The van der Waals surface area contributed by atoms with Crippen molar-refractivity contribution in [3.63, 3.8) is 0 Å². The first-order valence-electron chi connectivity index (χ1n) is 8.20. The van der Waals surface area contributed by atoms with Gasteiger partial charge in [-0.1, -0.05) is 36.4 Å². The average Bonchev–Trinajstić information content (AvgIpc) is 3.02. The van der Waals surface area contributed by atoms with Crippen LogP contribution in [0, 0.1) is 0 Å². The van der Waals surface area contributed by atoms with Crippen molar-refractivity contribution in [3.05, 3.63) is 66.4 Å². The predicted molar refractivity (Wildman–Crippen MR) is 96.3 cm³/mol. The second kappa shape index (κ2) is 7.68. The molecule has 3 rings (SSSR count). The van der Waals surface area contributed by atoms with Crippen LogP contribution in [0.4, 0.5) is 0 Å². The van der Waals surface area contributed by atoms with Gasteiger partial charge in [0.15, 0.2) is 0 Å². The number of hydrogen-bond donors (Lipinski definition) is 1. The third-order valence-corrected chi connectivity index (χ3v) is 4.13. The standard InChI is InChI=1S/C20H22N2O2/c1-24-19-11-5-3-8-17(19)9-6-13-21-20(23)15-22-14-12-16-7-2-4-10-18(16)22/h2-5,7-8,10-12,14H,6,9,13,15H2,1H3,(H,21,23). The summed E-state index contributed by atoms with van der Waals surface area (Å²) in [5, 5.41) is 4.15. The number of carbonyl (C=O) groups is 1. The number of methoxy groups -OCH3 is 1. The highest BCUT2D eigenvalue weighted by molar-refractivity contribution is 5.83. The zero-order valence-electron chi connectivity index (χ0n) is 13.9. The van der Waals surface area contributed by atoms with Crippen LogP contribution in [0.3, 0.4) is 0 Å².